The molecule has 0 radical (unpaired) electrons. The van der Waals surface area contributed by atoms with Crippen molar-refractivity contribution in [1.29, 1.82) is 0 Å². The molecule has 1 amide bonds. The van der Waals surface area contributed by atoms with Crippen LogP contribution in [0.4, 0.5) is 4.39 Å². The van der Waals surface area contributed by atoms with Crippen LogP contribution in [0, 0.1) is 5.82 Å². The molecule has 0 saturated carbocycles. The molecule has 2 N–H and O–H groups in total. The monoisotopic (exact) mass is 301 g/mol. The van der Waals surface area contributed by atoms with Crippen molar-refractivity contribution in [1.82, 2.24) is 15.2 Å². The zero-order chi connectivity index (χ0) is 15.4. The Labute approximate surface area is 129 Å². The third-order valence-corrected chi connectivity index (χ3v) is 4.14. The number of benzene rings is 1. The lowest BCUT2D eigenvalue weighted by molar-refractivity contribution is 0.0933. The highest BCUT2D eigenvalue weighted by atomic mass is 19.1. The zero-order valence-corrected chi connectivity index (χ0v) is 12.4. The fraction of sp³-hybridized carbons (Fsp3) is 0.353. The van der Waals surface area contributed by atoms with E-state index in [-0.39, 0.29) is 17.8 Å². The van der Waals surface area contributed by atoms with E-state index in [0.29, 0.717) is 17.8 Å². The third-order valence-electron chi connectivity index (χ3n) is 4.14. The van der Waals surface area contributed by atoms with Gasteiger partial charge in [0.25, 0.3) is 5.91 Å². The molecule has 2 aromatic rings. The van der Waals surface area contributed by atoms with Crippen LogP contribution in [-0.2, 0) is 0 Å². The standard InChI is InChI=1S/C17H20FN3O/c18-14-7-2-1-6-13(14)16(21-10-3-4-11-21)12-20-17(22)15-8-5-9-19-15/h1-2,5-9,16,19H,3-4,10-12H2,(H,20,22). The highest BCUT2D eigenvalue weighted by Gasteiger charge is 2.26. The number of hydrogen-bond donors (Lipinski definition) is 2. The lowest BCUT2D eigenvalue weighted by Gasteiger charge is -2.28. The highest BCUT2D eigenvalue weighted by molar-refractivity contribution is 5.92. The number of carbonyl (C=O) groups is 1. The maximum atomic E-state index is 14.1. The maximum absolute atomic E-state index is 14.1. The molecule has 1 unspecified atom stereocenters. The summed E-state index contributed by atoms with van der Waals surface area (Å²) < 4.78 is 14.1. The fourth-order valence-electron chi connectivity index (χ4n) is 2.99. The maximum Gasteiger partial charge on any atom is 0.267 e. The number of amides is 1. The molecule has 0 aliphatic carbocycles. The van der Waals surface area contributed by atoms with Gasteiger partial charge in [-0.1, -0.05) is 18.2 Å². The molecule has 2 heterocycles. The number of likely N-dealkylation sites (tertiary alicyclic amines) is 1. The summed E-state index contributed by atoms with van der Waals surface area (Å²) in [5.74, 6) is -0.376. The summed E-state index contributed by atoms with van der Waals surface area (Å²) in [7, 11) is 0. The smallest absolute Gasteiger partial charge is 0.267 e. The van der Waals surface area contributed by atoms with E-state index < -0.39 is 0 Å². The molecule has 1 saturated heterocycles. The van der Waals surface area contributed by atoms with Crippen LogP contribution in [0.1, 0.15) is 34.9 Å². The van der Waals surface area contributed by atoms with Crippen molar-refractivity contribution in [2.45, 2.75) is 18.9 Å². The van der Waals surface area contributed by atoms with Gasteiger partial charge in [-0.3, -0.25) is 9.69 Å². The van der Waals surface area contributed by atoms with Gasteiger partial charge >= 0.3 is 0 Å². The number of rotatable bonds is 5. The lowest BCUT2D eigenvalue weighted by Crippen LogP contribution is -2.37. The van der Waals surface area contributed by atoms with Gasteiger partial charge in [0.1, 0.15) is 11.5 Å². The molecule has 5 heteroatoms. The average molecular weight is 301 g/mol. The summed E-state index contributed by atoms with van der Waals surface area (Å²) in [6.07, 6.45) is 3.95. The van der Waals surface area contributed by atoms with Gasteiger partial charge in [-0.25, -0.2) is 4.39 Å². The van der Waals surface area contributed by atoms with E-state index in [2.05, 4.69) is 15.2 Å². The Hall–Kier alpha value is -2.14. The predicted octanol–water partition coefficient (Wildman–Crippen LogP) is 2.72. The number of carbonyl (C=O) groups excluding carboxylic acids is 1. The van der Waals surface area contributed by atoms with Crippen molar-refractivity contribution in [2.24, 2.45) is 0 Å². The number of aromatic nitrogens is 1. The second-order valence-corrected chi connectivity index (χ2v) is 5.57. The average Bonchev–Trinajstić information content (AvgIpc) is 3.22. The molecule has 0 bridgehead atoms. The van der Waals surface area contributed by atoms with Gasteiger partial charge in [0.15, 0.2) is 0 Å². The van der Waals surface area contributed by atoms with Gasteiger partial charge in [0.05, 0.1) is 6.04 Å². The summed E-state index contributed by atoms with van der Waals surface area (Å²) in [4.78, 5) is 17.2. The second kappa shape index (κ2) is 6.75. The fourth-order valence-corrected chi connectivity index (χ4v) is 2.99. The first-order chi connectivity index (χ1) is 10.8. The summed E-state index contributed by atoms with van der Waals surface area (Å²) in [5, 5.41) is 2.91. The van der Waals surface area contributed by atoms with Gasteiger partial charge < -0.3 is 10.3 Å². The van der Waals surface area contributed by atoms with Gasteiger partial charge in [-0.05, 0) is 44.1 Å². The number of nitrogens with zero attached hydrogens (tertiary/aromatic N) is 1. The molecule has 1 aliphatic heterocycles. The van der Waals surface area contributed by atoms with E-state index in [4.69, 9.17) is 0 Å². The van der Waals surface area contributed by atoms with Crippen molar-refractivity contribution < 1.29 is 9.18 Å². The molecule has 116 valence electrons. The lowest BCUT2D eigenvalue weighted by atomic mass is 10.0. The second-order valence-electron chi connectivity index (χ2n) is 5.57. The summed E-state index contributed by atoms with van der Waals surface area (Å²) in [5.41, 5.74) is 1.17. The van der Waals surface area contributed by atoms with Crippen LogP contribution in [0.3, 0.4) is 0 Å². The minimum atomic E-state index is -0.214. The largest absolute Gasteiger partial charge is 0.357 e. The highest BCUT2D eigenvalue weighted by Crippen LogP contribution is 2.26. The van der Waals surface area contributed by atoms with Gasteiger partial charge in [-0.2, -0.15) is 0 Å². The van der Waals surface area contributed by atoms with Crippen LogP contribution in [0.2, 0.25) is 0 Å². The zero-order valence-electron chi connectivity index (χ0n) is 12.4. The topological polar surface area (TPSA) is 48.1 Å². The Morgan fingerprint density at radius 2 is 2.00 bits per heavy atom. The molecule has 1 aromatic heterocycles. The van der Waals surface area contributed by atoms with Crippen LogP contribution >= 0.6 is 0 Å². The molecule has 1 fully saturated rings. The number of halogens is 1. The Morgan fingerprint density at radius 3 is 2.68 bits per heavy atom. The molecule has 3 rings (SSSR count). The Balaban J connectivity index is 1.74. The molecule has 1 aromatic carbocycles. The van der Waals surface area contributed by atoms with Gasteiger partial charge in [0.2, 0.25) is 0 Å². The van der Waals surface area contributed by atoms with Crippen molar-refractivity contribution in [3.05, 3.63) is 59.7 Å². The third kappa shape index (κ3) is 3.20. The van der Waals surface area contributed by atoms with E-state index in [0.717, 1.165) is 25.9 Å². The van der Waals surface area contributed by atoms with E-state index >= 15 is 0 Å². The number of aromatic amines is 1. The summed E-state index contributed by atoms with van der Waals surface area (Å²) >= 11 is 0. The minimum Gasteiger partial charge on any atom is -0.357 e. The number of H-pyrrole nitrogens is 1. The molecule has 4 nitrogen and oxygen atoms in total. The van der Waals surface area contributed by atoms with E-state index in [1.54, 1.807) is 30.5 Å². The van der Waals surface area contributed by atoms with Crippen molar-refractivity contribution >= 4 is 5.91 Å². The first kappa shape index (κ1) is 14.8. The van der Waals surface area contributed by atoms with Crippen LogP contribution in [0.5, 0.6) is 0 Å². The quantitative estimate of drug-likeness (QED) is 0.892. The minimum absolute atomic E-state index is 0.123. The SMILES string of the molecule is O=C(NCC(c1ccccc1F)N1CCCC1)c1ccc[nH]1. The Kier molecular flexibility index (Phi) is 4.53. The van der Waals surface area contributed by atoms with Crippen LogP contribution in [0.15, 0.2) is 42.6 Å². The molecular formula is C17H20FN3O. The molecule has 1 atom stereocenters. The van der Waals surface area contributed by atoms with E-state index in [1.807, 2.05) is 6.07 Å². The van der Waals surface area contributed by atoms with Crippen molar-refractivity contribution in [2.75, 3.05) is 19.6 Å². The van der Waals surface area contributed by atoms with Gasteiger partial charge in [0, 0.05) is 18.3 Å². The van der Waals surface area contributed by atoms with Crippen molar-refractivity contribution in [3.8, 4) is 0 Å². The predicted molar refractivity (Wildman–Crippen MR) is 83.1 cm³/mol. The summed E-state index contributed by atoms with van der Waals surface area (Å²) in [6.45, 7) is 2.29. The Morgan fingerprint density at radius 1 is 1.23 bits per heavy atom. The molecule has 1 aliphatic rings. The first-order valence-corrected chi connectivity index (χ1v) is 7.66. The van der Waals surface area contributed by atoms with Gasteiger partial charge in [-0.15, -0.1) is 0 Å². The molecule has 22 heavy (non-hydrogen) atoms. The number of hydrogen-bond acceptors (Lipinski definition) is 2. The number of nitrogens with one attached hydrogen (secondary N) is 2. The van der Waals surface area contributed by atoms with Crippen LogP contribution in [0.25, 0.3) is 0 Å². The normalized spacial score (nSPS) is 16.6. The van der Waals surface area contributed by atoms with E-state index in [1.165, 1.54) is 6.07 Å². The van der Waals surface area contributed by atoms with Crippen LogP contribution in [-0.4, -0.2) is 35.4 Å². The van der Waals surface area contributed by atoms with Crippen molar-refractivity contribution in [3.63, 3.8) is 0 Å². The first-order valence-electron chi connectivity index (χ1n) is 7.66. The summed E-state index contributed by atoms with van der Waals surface area (Å²) in [6, 6.07) is 10.2. The molecule has 0 spiro atoms. The van der Waals surface area contributed by atoms with E-state index in [9.17, 15) is 9.18 Å². The Bertz CT molecular complexity index is 621. The molecular weight excluding hydrogens is 281 g/mol. The van der Waals surface area contributed by atoms with Crippen LogP contribution < -0.4 is 5.32 Å².